The molecule has 0 radical (unpaired) electrons. The molecule has 1 atom stereocenters. The Morgan fingerprint density at radius 3 is 2.17 bits per heavy atom. The van der Waals surface area contributed by atoms with Crippen molar-refractivity contribution in [1.29, 1.82) is 0 Å². The first-order valence-electron chi connectivity index (χ1n) is 9.54. The first kappa shape index (κ1) is 24.4. The quantitative estimate of drug-likeness (QED) is 0.322. The maximum atomic E-state index is 6.27. The predicted molar refractivity (Wildman–Crippen MR) is 126 cm³/mol. The first-order chi connectivity index (χ1) is 13.6. The fourth-order valence-corrected chi connectivity index (χ4v) is 2.84. The van der Waals surface area contributed by atoms with Crippen LogP contribution in [-0.4, -0.2) is 7.05 Å². The van der Waals surface area contributed by atoms with E-state index in [2.05, 4.69) is 57.2 Å². The zero-order valence-electron chi connectivity index (χ0n) is 18.4. The van der Waals surface area contributed by atoms with Crippen molar-refractivity contribution in [2.24, 2.45) is 0 Å². The zero-order chi connectivity index (χ0) is 22.1. The minimum Gasteiger partial charge on any atom is -0.472 e. The molecular formula is C25H33ClN2O. The van der Waals surface area contributed by atoms with Crippen LogP contribution in [0, 0.1) is 0 Å². The largest absolute Gasteiger partial charge is 0.472 e. The van der Waals surface area contributed by atoms with Gasteiger partial charge >= 0.3 is 0 Å². The minimum absolute atomic E-state index is 0.253. The van der Waals surface area contributed by atoms with Gasteiger partial charge in [-0.1, -0.05) is 66.3 Å². The molecule has 0 spiro atoms. The number of allylic oxidation sites excluding steroid dienone is 5. The molecule has 0 fully saturated rings. The molecule has 156 valence electrons. The van der Waals surface area contributed by atoms with Crippen LogP contribution in [0.2, 0.25) is 5.02 Å². The third kappa shape index (κ3) is 7.35. The van der Waals surface area contributed by atoms with Gasteiger partial charge in [0.15, 0.2) is 5.88 Å². The average Bonchev–Trinajstić information content (AvgIpc) is 2.65. The molecule has 0 saturated heterocycles. The first-order valence-corrected chi connectivity index (χ1v) is 9.92. The summed E-state index contributed by atoms with van der Waals surface area (Å²) in [5, 5.41) is 7.10. The summed E-state index contributed by atoms with van der Waals surface area (Å²) in [6, 6.07) is 7.60. The molecule has 0 aliphatic heterocycles. The fraction of sp³-hybridized carbons (Fsp3) is 0.280. The van der Waals surface area contributed by atoms with Gasteiger partial charge < -0.3 is 15.4 Å². The number of nitrogens with one attached hydrogen (secondary N) is 2. The number of benzene rings is 1. The van der Waals surface area contributed by atoms with Crippen LogP contribution in [0.3, 0.4) is 0 Å². The van der Waals surface area contributed by atoms with Gasteiger partial charge in [-0.25, -0.2) is 0 Å². The summed E-state index contributed by atoms with van der Waals surface area (Å²) in [7, 11) is 1.85. The van der Waals surface area contributed by atoms with Crippen molar-refractivity contribution in [3.63, 3.8) is 0 Å². The van der Waals surface area contributed by atoms with Crippen molar-refractivity contribution < 1.29 is 4.74 Å². The van der Waals surface area contributed by atoms with E-state index < -0.39 is 0 Å². The van der Waals surface area contributed by atoms with Crippen molar-refractivity contribution in [2.45, 2.75) is 40.7 Å². The van der Waals surface area contributed by atoms with Crippen molar-refractivity contribution in [1.82, 2.24) is 10.6 Å². The van der Waals surface area contributed by atoms with E-state index in [1.165, 1.54) is 11.1 Å². The van der Waals surface area contributed by atoms with Gasteiger partial charge in [-0.3, -0.25) is 0 Å². The molecule has 4 heteroatoms. The van der Waals surface area contributed by atoms with Gasteiger partial charge in [0.05, 0.1) is 11.4 Å². The van der Waals surface area contributed by atoms with Gasteiger partial charge in [-0.2, -0.15) is 0 Å². The highest BCUT2D eigenvalue weighted by Gasteiger charge is 2.14. The Kier molecular flexibility index (Phi) is 9.57. The Labute approximate surface area is 181 Å². The van der Waals surface area contributed by atoms with Crippen LogP contribution in [0.1, 0.15) is 46.3 Å². The molecule has 0 heterocycles. The Hall–Kier alpha value is -2.65. The van der Waals surface area contributed by atoms with Crippen molar-refractivity contribution in [3.8, 4) is 0 Å². The highest BCUT2D eigenvalue weighted by Crippen LogP contribution is 2.27. The zero-order valence-corrected chi connectivity index (χ0v) is 19.2. The smallest absolute Gasteiger partial charge is 0.184 e. The summed E-state index contributed by atoms with van der Waals surface area (Å²) in [5.41, 5.74) is 6.61. The van der Waals surface area contributed by atoms with E-state index in [9.17, 15) is 0 Å². The van der Waals surface area contributed by atoms with Gasteiger partial charge in [-0.15, -0.1) is 0 Å². The summed E-state index contributed by atoms with van der Waals surface area (Å²) < 4.78 is 5.95. The Balaban J connectivity index is 3.06. The number of rotatable bonds is 10. The fourth-order valence-electron chi connectivity index (χ4n) is 2.55. The SMILES string of the molecule is C=C(N/C(C(=C)C)=C(/NC)C(=C)/C=C\C(C)=C(C)C)OC(C)c1ccccc1Cl. The Morgan fingerprint density at radius 2 is 1.66 bits per heavy atom. The van der Waals surface area contributed by atoms with Crippen LogP contribution in [0.15, 0.2) is 95.7 Å². The van der Waals surface area contributed by atoms with Gasteiger partial charge in [0.1, 0.15) is 6.10 Å². The lowest BCUT2D eigenvalue weighted by molar-refractivity contribution is 0.122. The van der Waals surface area contributed by atoms with Crippen LogP contribution in [0.25, 0.3) is 0 Å². The van der Waals surface area contributed by atoms with Gasteiger partial charge in [0.2, 0.25) is 0 Å². The van der Waals surface area contributed by atoms with E-state index in [-0.39, 0.29) is 6.10 Å². The summed E-state index contributed by atoms with van der Waals surface area (Å²) in [5.74, 6) is 0.403. The Bertz CT molecular complexity index is 871. The predicted octanol–water partition coefficient (Wildman–Crippen LogP) is 6.95. The number of hydrogen-bond acceptors (Lipinski definition) is 3. The van der Waals surface area contributed by atoms with Crippen LogP contribution in [0.5, 0.6) is 0 Å². The lowest BCUT2D eigenvalue weighted by Crippen LogP contribution is -2.23. The van der Waals surface area contributed by atoms with E-state index in [4.69, 9.17) is 16.3 Å². The molecule has 0 saturated carbocycles. The van der Waals surface area contributed by atoms with E-state index in [1.54, 1.807) is 0 Å². The summed E-state index contributed by atoms with van der Waals surface area (Å²) in [6.45, 7) is 22.4. The van der Waals surface area contributed by atoms with Crippen molar-refractivity contribution >= 4 is 11.6 Å². The number of likely N-dealkylation sites (N-methyl/N-ethyl adjacent to an activating group) is 1. The highest BCUT2D eigenvalue weighted by molar-refractivity contribution is 6.31. The normalized spacial score (nSPS) is 12.7. The summed E-state index contributed by atoms with van der Waals surface area (Å²) >= 11 is 6.27. The molecule has 29 heavy (non-hydrogen) atoms. The molecule has 3 nitrogen and oxygen atoms in total. The van der Waals surface area contributed by atoms with Crippen molar-refractivity contribution in [3.05, 3.63) is 106 Å². The molecule has 0 aliphatic rings. The second-order valence-corrected chi connectivity index (χ2v) is 7.56. The molecule has 1 aromatic carbocycles. The van der Waals surface area contributed by atoms with Gasteiger partial charge in [0, 0.05) is 17.6 Å². The third-order valence-corrected chi connectivity index (χ3v) is 4.84. The molecule has 1 aromatic rings. The number of ether oxygens (including phenoxy) is 1. The lowest BCUT2D eigenvalue weighted by atomic mass is 10.1. The van der Waals surface area contributed by atoms with Crippen LogP contribution >= 0.6 is 11.6 Å². The third-order valence-electron chi connectivity index (χ3n) is 4.50. The van der Waals surface area contributed by atoms with Gasteiger partial charge in [0.25, 0.3) is 0 Å². The molecule has 0 aliphatic carbocycles. The van der Waals surface area contributed by atoms with Gasteiger partial charge in [-0.05, 0) is 58.4 Å². The van der Waals surface area contributed by atoms with Crippen LogP contribution in [-0.2, 0) is 4.74 Å². The lowest BCUT2D eigenvalue weighted by Gasteiger charge is -2.22. The molecule has 0 amide bonds. The molecular weight excluding hydrogens is 380 g/mol. The minimum atomic E-state index is -0.253. The number of halogens is 1. The molecule has 1 unspecified atom stereocenters. The monoisotopic (exact) mass is 412 g/mol. The van der Waals surface area contributed by atoms with Crippen molar-refractivity contribution in [2.75, 3.05) is 7.05 Å². The van der Waals surface area contributed by atoms with E-state index in [0.29, 0.717) is 10.9 Å². The van der Waals surface area contributed by atoms with E-state index in [1.807, 2.05) is 51.2 Å². The maximum absolute atomic E-state index is 6.27. The second-order valence-electron chi connectivity index (χ2n) is 7.15. The molecule has 0 bridgehead atoms. The standard InChI is InChI=1S/C25H33ClN2O/c1-16(2)18(5)14-15-19(6)25(27-9)24(17(3)4)28-21(8)29-20(7)22-12-10-11-13-23(22)26/h10-15,20,27-28H,3,6,8H2,1-2,4-5,7,9H3/b15-14-,25-24+. The second kappa shape index (κ2) is 11.4. The average molecular weight is 413 g/mol. The molecule has 0 aromatic heterocycles. The topological polar surface area (TPSA) is 33.3 Å². The van der Waals surface area contributed by atoms with Crippen LogP contribution < -0.4 is 10.6 Å². The van der Waals surface area contributed by atoms with Crippen LogP contribution in [0.4, 0.5) is 0 Å². The van der Waals surface area contributed by atoms with E-state index >= 15 is 0 Å². The number of hydrogen-bond donors (Lipinski definition) is 2. The molecule has 2 N–H and O–H groups in total. The summed E-state index contributed by atoms with van der Waals surface area (Å²) in [4.78, 5) is 0. The molecule has 1 rings (SSSR count). The van der Waals surface area contributed by atoms with E-state index in [0.717, 1.165) is 28.1 Å². The summed E-state index contributed by atoms with van der Waals surface area (Å²) in [6.07, 6.45) is 3.78. The highest BCUT2D eigenvalue weighted by atomic mass is 35.5. The Morgan fingerprint density at radius 1 is 1.03 bits per heavy atom. The maximum Gasteiger partial charge on any atom is 0.184 e.